The zero-order chi connectivity index (χ0) is 15.0. The molecular formula is C15H22N2O2S2. The maximum absolute atomic E-state index is 12.8. The van der Waals surface area contributed by atoms with E-state index in [1.807, 2.05) is 19.9 Å². The van der Waals surface area contributed by atoms with Gasteiger partial charge in [0.15, 0.2) is 0 Å². The summed E-state index contributed by atoms with van der Waals surface area (Å²) in [5, 5.41) is 3.44. The van der Waals surface area contributed by atoms with E-state index in [2.05, 4.69) is 11.4 Å². The van der Waals surface area contributed by atoms with E-state index < -0.39 is 10.0 Å². The molecule has 2 heterocycles. The number of thiophene rings is 1. The molecular weight excluding hydrogens is 304 g/mol. The summed E-state index contributed by atoms with van der Waals surface area (Å²) >= 11 is 1.59. The third-order valence-corrected chi connectivity index (χ3v) is 7.13. The van der Waals surface area contributed by atoms with Crippen LogP contribution in [0.4, 0.5) is 0 Å². The molecule has 0 bridgehead atoms. The van der Waals surface area contributed by atoms with Crippen LogP contribution < -0.4 is 5.32 Å². The van der Waals surface area contributed by atoms with Crippen molar-refractivity contribution in [2.75, 3.05) is 13.1 Å². The molecule has 1 aliphatic heterocycles. The predicted octanol–water partition coefficient (Wildman–Crippen LogP) is 2.65. The molecule has 4 nitrogen and oxygen atoms in total. The Morgan fingerprint density at radius 3 is 2.81 bits per heavy atom. The maximum atomic E-state index is 12.8. The molecule has 21 heavy (non-hydrogen) atoms. The highest BCUT2D eigenvalue weighted by Crippen LogP contribution is 2.30. The largest absolute Gasteiger partial charge is 0.309 e. The summed E-state index contributed by atoms with van der Waals surface area (Å²) in [5.41, 5.74) is 1.13. The van der Waals surface area contributed by atoms with Crippen LogP contribution in [-0.2, 0) is 16.6 Å². The third-order valence-electron chi connectivity index (χ3n) is 3.98. The average molecular weight is 326 g/mol. The molecule has 1 aliphatic carbocycles. The van der Waals surface area contributed by atoms with Gasteiger partial charge in [0, 0.05) is 35.4 Å². The van der Waals surface area contributed by atoms with Crippen molar-refractivity contribution in [1.82, 2.24) is 9.62 Å². The third kappa shape index (κ3) is 3.39. The molecule has 0 radical (unpaired) electrons. The lowest BCUT2D eigenvalue weighted by Crippen LogP contribution is -2.35. The van der Waals surface area contributed by atoms with E-state index in [1.165, 1.54) is 12.8 Å². The number of rotatable bonds is 5. The molecule has 1 saturated carbocycles. The van der Waals surface area contributed by atoms with Gasteiger partial charge in [-0.05, 0) is 39.2 Å². The van der Waals surface area contributed by atoms with E-state index in [-0.39, 0.29) is 0 Å². The SMILES string of the molecule is CC1=CCCN(S(=O)(=O)c2cc(CNC3CC3)sc2C)C1. The van der Waals surface area contributed by atoms with Gasteiger partial charge in [-0.3, -0.25) is 0 Å². The van der Waals surface area contributed by atoms with Crippen LogP contribution in [0.2, 0.25) is 0 Å². The predicted molar refractivity (Wildman–Crippen MR) is 86.1 cm³/mol. The fourth-order valence-corrected chi connectivity index (χ4v) is 5.67. The minimum atomic E-state index is -3.35. The highest BCUT2D eigenvalue weighted by molar-refractivity contribution is 7.89. The Hall–Kier alpha value is -0.690. The molecule has 3 rings (SSSR count). The number of nitrogens with zero attached hydrogens (tertiary/aromatic N) is 1. The summed E-state index contributed by atoms with van der Waals surface area (Å²) in [6, 6.07) is 2.50. The molecule has 1 aromatic rings. The van der Waals surface area contributed by atoms with Crippen molar-refractivity contribution in [2.45, 2.75) is 50.6 Å². The maximum Gasteiger partial charge on any atom is 0.244 e. The van der Waals surface area contributed by atoms with E-state index in [1.54, 1.807) is 15.6 Å². The summed E-state index contributed by atoms with van der Waals surface area (Å²) in [4.78, 5) is 2.51. The number of hydrogen-bond acceptors (Lipinski definition) is 4. The van der Waals surface area contributed by atoms with Gasteiger partial charge < -0.3 is 5.32 Å². The Morgan fingerprint density at radius 1 is 1.38 bits per heavy atom. The lowest BCUT2D eigenvalue weighted by molar-refractivity contribution is 0.428. The standard InChI is InChI=1S/C15H22N2O2S2/c1-11-4-3-7-17(10-11)21(18,19)15-8-14(20-12(15)2)9-16-13-5-6-13/h4,8,13,16H,3,5-7,9-10H2,1-2H3. The molecule has 1 aromatic heterocycles. The minimum absolute atomic E-state index is 0.495. The normalized spacial score (nSPS) is 20.6. The number of sulfonamides is 1. The van der Waals surface area contributed by atoms with Crippen molar-refractivity contribution >= 4 is 21.4 Å². The van der Waals surface area contributed by atoms with Crippen LogP contribution >= 0.6 is 11.3 Å². The summed E-state index contributed by atoms with van der Waals surface area (Å²) in [6.45, 7) is 5.79. The van der Waals surface area contributed by atoms with Crippen molar-refractivity contribution in [2.24, 2.45) is 0 Å². The lowest BCUT2D eigenvalue weighted by atomic mass is 10.2. The summed E-state index contributed by atoms with van der Waals surface area (Å²) < 4.78 is 27.2. The Labute approximate surface area is 130 Å². The zero-order valence-electron chi connectivity index (χ0n) is 12.6. The van der Waals surface area contributed by atoms with E-state index in [9.17, 15) is 8.42 Å². The van der Waals surface area contributed by atoms with Gasteiger partial charge in [0.2, 0.25) is 10.0 Å². The quantitative estimate of drug-likeness (QED) is 0.846. The lowest BCUT2D eigenvalue weighted by Gasteiger charge is -2.25. The van der Waals surface area contributed by atoms with Crippen LogP contribution in [0.5, 0.6) is 0 Å². The van der Waals surface area contributed by atoms with Crippen LogP contribution in [0.25, 0.3) is 0 Å². The van der Waals surface area contributed by atoms with Crippen molar-refractivity contribution in [3.63, 3.8) is 0 Å². The second-order valence-corrected chi connectivity index (χ2v) is 9.21. The van der Waals surface area contributed by atoms with Gasteiger partial charge in [-0.1, -0.05) is 11.6 Å². The number of nitrogens with one attached hydrogen (secondary N) is 1. The van der Waals surface area contributed by atoms with Gasteiger partial charge in [-0.2, -0.15) is 4.31 Å². The monoisotopic (exact) mass is 326 g/mol. The van der Waals surface area contributed by atoms with Crippen LogP contribution in [0.3, 0.4) is 0 Å². The number of aryl methyl sites for hydroxylation is 1. The second-order valence-electron chi connectivity index (χ2n) is 5.97. The van der Waals surface area contributed by atoms with Gasteiger partial charge in [0.25, 0.3) is 0 Å². The van der Waals surface area contributed by atoms with E-state index in [0.717, 1.165) is 28.3 Å². The molecule has 0 aromatic carbocycles. The molecule has 0 saturated heterocycles. The first kappa shape index (κ1) is 15.2. The van der Waals surface area contributed by atoms with Crippen LogP contribution in [0, 0.1) is 6.92 Å². The molecule has 1 N–H and O–H groups in total. The Morgan fingerprint density at radius 2 is 2.14 bits per heavy atom. The average Bonchev–Trinajstić information content (AvgIpc) is 3.19. The van der Waals surface area contributed by atoms with Gasteiger partial charge >= 0.3 is 0 Å². The minimum Gasteiger partial charge on any atom is -0.309 e. The molecule has 0 spiro atoms. The molecule has 2 aliphatic rings. The molecule has 0 unspecified atom stereocenters. The Balaban J connectivity index is 1.79. The first-order valence-corrected chi connectivity index (χ1v) is 9.71. The van der Waals surface area contributed by atoms with E-state index in [0.29, 0.717) is 24.0 Å². The molecule has 0 atom stereocenters. The smallest absolute Gasteiger partial charge is 0.244 e. The van der Waals surface area contributed by atoms with E-state index >= 15 is 0 Å². The van der Waals surface area contributed by atoms with Gasteiger partial charge in [-0.15, -0.1) is 11.3 Å². The highest BCUT2D eigenvalue weighted by atomic mass is 32.2. The first-order valence-electron chi connectivity index (χ1n) is 7.45. The van der Waals surface area contributed by atoms with Crippen LogP contribution in [0.1, 0.15) is 35.9 Å². The Kier molecular flexibility index (Phi) is 4.23. The number of hydrogen-bond donors (Lipinski definition) is 1. The van der Waals surface area contributed by atoms with Crippen molar-refractivity contribution in [1.29, 1.82) is 0 Å². The van der Waals surface area contributed by atoms with Crippen LogP contribution in [0.15, 0.2) is 22.6 Å². The van der Waals surface area contributed by atoms with Crippen molar-refractivity contribution in [3.05, 3.63) is 27.5 Å². The molecule has 6 heteroatoms. The fraction of sp³-hybridized carbons (Fsp3) is 0.600. The van der Waals surface area contributed by atoms with Gasteiger partial charge in [-0.25, -0.2) is 8.42 Å². The van der Waals surface area contributed by atoms with Crippen LogP contribution in [-0.4, -0.2) is 31.9 Å². The molecule has 0 amide bonds. The zero-order valence-corrected chi connectivity index (χ0v) is 14.2. The van der Waals surface area contributed by atoms with Crippen molar-refractivity contribution in [3.8, 4) is 0 Å². The van der Waals surface area contributed by atoms with Gasteiger partial charge in [0.1, 0.15) is 0 Å². The highest BCUT2D eigenvalue weighted by Gasteiger charge is 2.29. The van der Waals surface area contributed by atoms with E-state index in [4.69, 9.17) is 0 Å². The topological polar surface area (TPSA) is 49.4 Å². The fourth-order valence-electron chi connectivity index (χ4n) is 2.62. The molecule has 1 fully saturated rings. The second kappa shape index (κ2) is 5.83. The molecule has 116 valence electrons. The summed E-state index contributed by atoms with van der Waals surface area (Å²) in [5.74, 6) is 0. The van der Waals surface area contributed by atoms with Gasteiger partial charge in [0.05, 0.1) is 4.90 Å². The summed E-state index contributed by atoms with van der Waals surface area (Å²) in [6.07, 6.45) is 5.42. The summed E-state index contributed by atoms with van der Waals surface area (Å²) in [7, 11) is -3.35. The Bertz CT molecular complexity index is 657. The van der Waals surface area contributed by atoms with Crippen molar-refractivity contribution < 1.29 is 8.42 Å². The first-order chi connectivity index (χ1) is 9.96.